The van der Waals surface area contributed by atoms with Crippen molar-refractivity contribution in [1.29, 1.82) is 0 Å². The van der Waals surface area contributed by atoms with E-state index in [1.807, 2.05) is 30.3 Å². The molecule has 2 bridgehead atoms. The van der Waals surface area contributed by atoms with Crippen molar-refractivity contribution in [3.63, 3.8) is 0 Å². The number of hydrogen-bond donors (Lipinski definition) is 0. The molecule has 3 atom stereocenters. The quantitative estimate of drug-likeness (QED) is 0.531. The third-order valence-corrected chi connectivity index (χ3v) is 7.00. The first-order valence-corrected chi connectivity index (χ1v) is 10.9. The zero-order valence-electron chi connectivity index (χ0n) is 17.7. The standard InChI is InChI=1S/C25H18F3N3O3/c26-25(27,28)18-10-4-3-9-17(18)22(32)29-13-15-12-20(29)21-23(33)31(24(34)30(15)21)19-11-5-7-14-6-1-2-8-16(14)19/h1-11,15,20-21H,12-13H2/t15-,20?,21+/m1/s1. The molecule has 3 aliphatic rings. The minimum atomic E-state index is -4.68. The summed E-state index contributed by atoms with van der Waals surface area (Å²) in [4.78, 5) is 44.0. The first kappa shape index (κ1) is 20.7. The summed E-state index contributed by atoms with van der Waals surface area (Å²) in [6.07, 6.45) is -4.31. The highest BCUT2D eigenvalue weighted by atomic mass is 19.4. The van der Waals surface area contributed by atoms with Gasteiger partial charge in [0.2, 0.25) is 0 Å². The van der Waals surface area contributed by atoms with Gasteiger partial charge in [0.25, 0.3) is 11.8 Å². The Balaban J connectivity index is 1.35. The van der Waals surface area contributed by atoms with Crippen LogP contribution in [0.25, 0.3) is 10.8 Å². The van der Waals surface area contributed by atoms with Crippen molar-refractivity contribution in [3.8, 4) is 0 Å². The highest BCUT2D eigenvalue weighted by molar-refractivity contribution is 6.25. The van der Waals surface area contributed by atoms with Crippen LogP contribution < -0.4 is 4.90 Å². The maximum Gasteiger partial charge on any atom is 0.417 e. The molecular formula is C25H18F3N3O3. The number of fused-ring (bicyclic) bond motifs is 6. The Morgan fingerprint density at radius 1 is 0.912 bits per heavy atom. The molecule has 3 saturated heterocycles. The molecule has 1 unspecified atom stereocenters. The van der Waals surface area contributed by atoms with Crippen LogP contribution in [0.3, 0.4) is 0 Å². The Hall–Kier alpha value is -3.88. The van der Waals surface area contributed by atoms with Crippen LogP contribution in [0.4, 0.5) is 23.7 Å². The summed E-state index contributed by atoms with van der Waals surface area (Å²) >= 11 is 0. The van der Waals surface area contributed by atoms with Gasteiger partial charge in [0, 0.05) is 11.9 Å². The molecule has 3 fully saturated rings. The van der Waals surface area contributed by atoms with Gasteiger partial charge in [-0.1, -0.05) is 48.5 Å². The van der Waals surface area contributed by atoms with Gasteiger partial charge in [0.1, 0.15) is 6.04 Å². The van der Waals surface area contributed by atoms with E-state index < -0.39 is 53.3 Å². The summed E-state index contributed by atoms with van der Waals surface area (Å²) in [6, 6.07) is 14.9. The van der Waals surface area contributed by atoms with Gasteiger partial charge in [-0.05, 0) is 30.0 Å². The van der Waals surface area contributed by atoms with E-state index in [1.54, 1.807) is 12.1 Å². The topological polar surface area (TPSA) is 60.9 Å². The smallest absolute Gasteiger partial charge is 0.331 e. The molecule has 9 heteroatoms. The molecule has 3 aromatic carbocycles. The molecule has 0 N–H and O–H groups in total. The molecular weight excluding hydrogens is 447 g/mol. The average Bonchev–Trinajstić information content (AvgIpc) is 3.49. The summed E-state index contributed by atoms with van der Waals surface area (Å²) in [5, 5.41) is 1.61. The molecule has 3 aliphatic heterocycles. The largest absolute Gasteiger partial charge is 0.417 e. The number of alkyl halides is 3. The fourth-order valence-electron chi connectivity index (χ4n) is 5.59. The predicted octanol–water partition coefficient (Wildman–Crippen LogP) is 4.29. The van der Waals surface area contributed by atoms with E-state index in [0.717, 1.165) is 27.8 Å². The molecule has 6 rings (SSSR count). The van der Waals surface area contributed by atoms with E-state index in [4.69, 9.17) is 0 Å². The summed E-state index contributed by atoms with van der Waals surface area (Å²) in [5.41, 5.74) is -0.996. The minimum Gasteiger partial charge on any atom is -0.331 e. The third-order valence-electron chi connectivity index (χ3n) is 7.00. The van der Waals surface area contributed by atoms with E-state index in [-0.39, 0.29) is 6.54 Å². The number of piperazine rings is 1. The Labute approximate surface area is 192 Å². The van der Waals surface area contributed by atoms with Gasteiger partial charge in [-0.3, -0.25) is 9.59 Å². The lowest BCUT2D eigenvalue weighted by atomic mass is 10.0. The summed E-state index contributed by atoms with van der Waals surface area (Å²) < 4.78 is 40.5. The summed E-state index contributed by atoms with van der Waals surface area (Å²) in [5.74, 6) is -1.24. The van der Waals surface area contributed by atoms with Crippen LogP contribution in [0.15, 0.2) is 66.7 Å². The number of hydrogen-bond acceptors (Lipinski definition) is 3. The number of likely N-dealkylation sites (tertiary alicyclic amines) is 1. The lowest BCUT2D eigenvalue weighted by molar-refractivity contribution is -0.138. The average molecular weight is 465 g/mol. The van der Waals surface area contributed by atoms with Crippen LogP contribution in [-0.4, -0.2) is 52.3 Å². The van der Waals surface area contributed by atoms with Gasteiger partial charge in [-0.15, -0.1) is 0 Å². The van der Waals surface area contributed by atoms with E-state index in [2.05, 4.69) is 0 Å². The predicted molar refractivity (Wildman–Crippen MR) is 117 cm³/mol. The Morgan fingerprint density at radius 3 is 2.41 bits per heavy atom. The van der Waals surface area contributed by atoms with Gasteiger partial charge >= 0.3 is 12.2 Å². The molecule has 172 valence electrons. The molecule has 0 saturated carbocycles. The van der Waals surface area contributed by atoms with Gasteiger partial charge < -0.3 is 9.80 Å². The van der Waals surface area contributed by atoms with E-state index in [9.17, 15) is 27.6 Å². The zero-order valence-corrected chi connectivity index (χ0v) is 17.7. The molecule has 0 spiro atoms. The van der Waals surface area contributed by atoms with E-state index in [1.165, 1.54) is 21.9 Å². The second-order valence-electron chi connectivity index (χ2n) is 8.76. The molecule has 34 heavy (non-hydrogen) atoms. The van der Waals surface area contributed by atoms with Crippen LogP contribution in [0, 0.1) is 0 Å². The Bertz CT molecular complexity index is 1370. The van der Waals surface area contributed by atoms with Crippen molar-refractivity contribution in [1.82, 2.24) is 9.80 Å². The van der Waals surface area contributed by atoms with Crippen molar-refractivity contribution in [2.45, 2.75) is 30.7 Å². The second-order valence-corrected chi connectivity index (χ2v) is 8.76. The monoisotopic (exact) mass is 465 g/mol. The number of carbonyl (C=O) groups is 3. The van der Waals surface area contributed by atoms with Crippen LogP contribution in [-0.2, 0) is 11.0 Å². The highest BCUT2D eigenvalue weighted by Gasteiger charge is 2.63. The van der Waals surface area contributed by atoms with Crippen LogP contribution >= 0.6 is 0 Å². The molecule has 3 heterocycles. The number of carbonyl (C=O) groups excluding carboxylic acids is 3. The van der Waals surface area contributed by atoms with Gasteiger partial charge in [-0.25, -0.2) is 9.69 Å². The van der Waals surface area contributed by atoms with Crippen LogP contribution in [0.1, 0.15) is 22.3 Å². The number of imide groups is 1. The van der Waals surface area contributed by atoms with Crippen LogP contribution in [0.2, 0.25) is 0 Å². The lowest BCUT2D eigenvalue weighted by Gasteiger charge is -2.35. The maximum absolute atomic E-state index is 13.5. The Morgan fingerprint density at radius 2 is 1.62 bits per heavy atom. The maximum atomic E-state index is 13.5. The fourth-order valence-corrected chi connectivity index (χ4v) is 5.59. The SMILES string of the molecule is O=C1[C@@H]2C3C[C@H](CN3C(=O)c3ccccc3C(F)(F)F)N2C(=O)N1c1cccc2ccccc12. The van der Waals surface area contributed by atoms with Gasteiger partial charge in [0.15, 0.2) is 0 Å². The fraction of sp³-hybridized carbons (Fsp3) is 0.240. The number of rotatable bonds is 2. The van der Waals surface area contributed by atoms with Gasteiger partial charge in [0.05, 0.1) is 28.9 Å². The van der Waals surface area contributed by atoms with Crippen molar-refractivity contribution >= 4 is 34.3 Å². The highest BCUT2D eigenvalue weighted by Crippen LogP contribution is 2.44. The summed E-state index contributed by atoms with van der Waals surface area (Å²) in [6.45, 7) is 0.0919. The Kier molecular flexibility index (Phi) is 4.30. The normalized spacial score (nSPS) is 23.9. The molecule has 4 amide bonds. The first-order valence-electron chi connectivity index (χ1n) is 10.9. The molecule has 0 aromatic heterocycles. The van der Waals surface area contributed by atoms with Crippen molar-refractivity contribution in [3.05, 3.63) is 77.9 Å². The van der Waals surface area contributed by atoms with Crippen molar-refractivity contribution in [2.75, 3.05) is 11.4 Å². The van der Waals surface area contributed by atoms with E-state index >= 15 is 0 Å². The molecule has 0 aliphatic carbocycles. The summed E-state index contributed by atoms with van der Waals surface area (Å²) in [7, 11) is 0. The minimum absolute atomic E-state index is 0.0919. The van der Waals surface area contributed by atoms with Gasteiger partial charge in [-0.2, -0.15) is 13.2 Å². The van der Waals surface area contributed by atoms with Crippen molar-refractivity contribution < 1.29 is 27.6 Å². The number of halogens is 3. The van der Waals surface area contributed by atoms with Crippen LogP contribution in [0.5, 0.6) is 0 Å². The third kappa shape index (κ3) is 2.79. The number of benzene rings is 3. The lowest BCUT2D eigenvalue weighted by Crippen LogP contribution is -2.55. The molecule has 0 radical (unpaired) electrons. The number of amides is 4. The molecule has 6 nitrogen and oxygen atoms in total. The zero-order chi connectivity index (χ0) is 23.8. The number of nitrogens with zero attached hydrogens (tertiary/aromatic N) is 3. The van der Waals surface area contributed by atoms with Crippen molar-refractivity contribution in [2.24, 2.45) is 0 Å². The number of anilines is 1. The molecule has 3 aromatic rings. The van der Waals surface area contributed by atoms with E-state index in [0.29, 0.717) is 12.1 Å². The second kappa shape index (κ2) is 7.06. The number of urea groups is 1. The first-order chi connectivity index (χ1) is 16.3.